The zero-order valence-corrected chi connectivity index (χ0v) is 16.8. The zero-order valence-electron chi connectivity index (χ0n) is 16.8. The molecule has 3 atom stereocenters. The number of urea groups is 1. The van der Waals surface area contributed by atoms with Crippen molar-refractivity contribution in [1.82, 2.24) is 20.4 Å². The highest BCUT2D eigenvalue weighted by molar-refractivity contribution is 6.05. The number of carbonyl (C=O) groups is 3. The molecule has 2 N–H and O–H groups in total. The molecule has 4 rings (SSSR count). The van der Waals surface area contributed by atoms with Gasteiger partial charge in [-0.1, -0.05) is 36.8 Å². The first kappa shape index (κ1) is 19.9. The molecule has 3 aliphatic rings. The molecule has 1 aromatic carbocycles. The number of benzene rings is 1. The number of fused-ring (bicyclic) bond motifs is 1. The summed E-state index contributed by atoms with van der Waals surface area (Å²) in [5.41, 5.74) is 0.885. The Bertz CT molecular complexity index is 752. The molecule has 7 heteroatoms. The van der Waals surface area contributed by atoms with Gasteiger partial charge < -0.3 is 15.5 Å². The summed E-state index contributed by atoms with van der Waals surface area (Å²) in [7, 11) is 0. The lowest BCUT2D eigenvalue weighted by Crippen LogP contribution is -2.51. The van der Waals surface area contributed by atoms with Gasteiger partial charge in [0.2, 0.25) is 5.91 Å². The molecule has 0 aromatic heterocycles. The molecule has 156 valence electrons. The van der Waals surface area contributed by atoms with E-state index in [2.05, 4.69) is 15.5 Å². The average molecular weight is 399 g/mol. The van der Waals surface area contributed by atoms with Gasteiger partial charge in [-0.05, 0) is 50.3 Å². The molecule has 4 amide bonds. The number of nitrogens with zero attached hydrogens (tertiary/aromatic N) is 2. The molecule has 0 bridgehead atoms. The maximum Gasteiger partial charge on any atom is 0.325 e. The molecule has 3 fully saturated rings. The van der Waals surface area contributed by atoms with E-state index in [-0.39, 0.29) is 24.8 Å². The summed E-state index contributed by atoms with van der Waals surface area (Å²) in [6.07, 6.45) is 6.08. The minimum atomic E-state index is -0.774. The van der Waals surface area contributed by atoms with Crippen molar-refractivity contribution in [2.24, 2.45) is 5.92 Å². The number of amides is 4. The van der Waals surface area contributed by atoms with Crippen LogP contribution in [0.2, 0.25) is 0 Å². The summed E-state index contributed by atoms with van der Waals surface area (Å²) < 4.78 is 0. The van der Waals surface area contributed by atoms with E-state index < -0.39 is 12.1 Å². The number of rotatable bonds is 6. The van der Waals surface area contributed by atoms with Crippen LogP contribution in [0, 0.1) is 5.92 Å². The number of piperidine rings is 2. The van der Waals surface area contributed by atoms with E-state index in [1.807, 2.05) is 30.3 Å². The minimum Gasteiger partial charge on any atom is -0.356 e. The zero-order chi connectivity index (χ0) is 20.2. The fourth-order valence-corrected chi connectivity index (χ4v) is 4.95. The predicted octanol–water partition coefficient (Wildman–Crippen LogP) is 1.88. The van der Waals surface area contributed by atoms with Crippen molar-refractivity contribution in [3.8, 4) is 0 Å². The highest BCUT2D eigenvalue weighted by Crippen LogP contribution is 2.30. The van der Waals surface area contributed by atoms with Crippen molar-refractivity contribution >= 4 is 17.8 Å². The van der Waals surface area contributed by atoms with Gasteiger partial charge in [-0.15, -0.1) is 0 Å². The lowest BCUT2D eigenvalue weighted by Gasteiger charge is -2.44. The van der Waals surface area contributed by atoms with E-state index >= 15 is 0 Å². The van der Waals surface area contributed by atoms with Crippen LogP contribution in [-0.4, -0.2) is 59.4 Å². The number of hydrogen-bond acceptors (Lipinski definition) is 4. The van der Waals surface area contributed by atoms with Gasteiger partial charge in [0.05, 0.1) is 13.0 Å². The van der Waals surface area contributed by atoms with Crippen molar-refractivity contribution in [2.45, 2.75) is 57.2 Å². The van der Waals surface area contributed by atoms with Crippen molar-refractivity contribution in [3.63, 3.8) is 0 Å². The van der Waals surface area contributed by atoms with E-state index in [0.29, 0.717) is 18.5 Å². The van der Waals surface area contributed by atoms with Crippen LogP contribution in [-0.2, 0) is 16.1 Å². The lowest BCUT2D eigenvalue weighted by atomic mass is 9.83. The highest BCUT2D eigenvalue weighted by Gasteiger charge is 2.39. The third-order valence-electron chi connectivity index (χ3n) is 6.47. The lowest BCUT2D eigenvalue weighted by molar-refractivity contribution is -0.131. The van der Waals surface area contributed by atoms with Gasteiger partial charge in [-0.3, -0.25) is 14.5 Å². The van der Waals surface area contributed by atoms with E-state index in [9.17, 15) is 14.4 Å². The molecule has 1 aromatic rings. The second kappa shape index (κ2) is 8.95. The number of nitrogens with one attached hydrogen (secondary N) is 2. The molecule has 3 unspecified atom stereocenters. The van der Waals surface area contributed by atoms with Crippen LogP contribution in [0.25, 0.3) is 0 Å². The Hall–Kier alpha value is -2.41. The third-order valence-corrected chi connectivity index (χ3v) is 6.47. The standard InChI is InChI=1S/C22H30N4O3/c27-20(23-14-17-9-6-12-25-11-5-4-10-19(17)25)13-18-21(28)26(22(29)24-18)15-16-7-2-1-3-8-16/h1-3,7-8,17-19H,4-6,9-15H2,(H,23,27)(H,24,29). The van der Waals surface area contributed by atoms with Gasteiger partial charge in [0, 0.05) is 12.6 Å². The quantitative estimate of drug-likeness (QED) is 0.717. The Morgan fingerprint density at radius 3 is 2.69 bits per heavy atom. The Morgan fingerprint density at radius 2 is 1.86 bits per heavy atom. The minimum absolute atomic E-state index is 0.00301. The fourth-order valence-electron chi connectivity index (χ4n) is 4.95. The largest absolute Gasteiger partial charge is 0.356 e. The van der Waals surface area contributed by atoms with E-state index in [0.717, 1.165) is 12.0 Å². The van der Waals surface area contributed by atoms with Crippen molar-refractivity contribution in [2.75, 3.05) is 19.6 Å². The summed E-state index contributed by atoms with van der Waals surface area (Å²) in [4.78, 5) is 41.0. The molecule has 0 aliphatic carbocycles. The van der Waals surface area contributed by atoms with Gasteiger partial charge in [0.15, 0.2) is 0 Å². The summed E-state index contributed by atoms with van der Waals surface area (Å²) in [5.74, 6) is -0.0141. The third kappa shape index (κ3) is 4.61. The van der Waals surface area contributed by atoms with Gasteiger partial charge in [0.1, 0.15) is 6.04 Å². The van der Waals surface area contributed by atoms with Crippen molar-refractivity contribution in [1.29, 1.82) is 0 Å². The van der Waals surface area contributed by atoms with Crippen LogP contribution < -0.4 is 10.6 Å². The first-order valence-electron chi connectivity index (χ1n) is 10.8. The second-order valence-corrected chi connectivity index (χ2v) is 8.42. The summed E-state index contributed by atoms with van der Waals surface area (Å²) in [6.45, 7) is 3.23. The van der Waals surface area contributed by atoms with Crippen LogP contribution in [0.15, 0.2) is 30.3 Å². The monoisotopic (exact) mass is 398 g/mol. The van der Waals surface area contributed by atoms with E-state index in [1.165, 1.54) is 43.7 Å². The van der Waals surface area contributed by atoms with Gasteiger partial charge in [-0.2, -0.15) is 0 Å². The molecule has 0 saturated carbocycles. The molecule has 3 saturated heterocycles. The number of hydrogen-bond donors (Lipinski definition) is 2. The van der Waals surface area contributed by atoms with Crippen molar-refractivity contribution < 1.29 is 14.4 Å². The summed E-state index contributed by atoms with van der Waals surface area (Å²) in [6, 6.07) is 8.76. The van der Waals surface area contributed by atoms with Crippen LogP contribution in [0.5, 0.6) is 0 Å². The van der Waals surface area contributed by atoms with Crippen LogP contribution in [0.1, 0.15) is 44.1 Å². The second-order valence-electron chi connectivity index (χ2n) is 8.42. The maximum atomic E-state index is 12.6. The molecular formula is C22H30N4O3. The Morgan fingerprint density at radius 1 is 1.07 bits per heavy atom. The first-order valence-corrected chi connectivity index (χ1v) is 10.8. The molecule has 3 heterocycles. The highest BCUT2D eigenvalue weighted by atomic mass is 16.2. The van der Waals surface area contributed by atoms with Crippen LogP contribution in [0.3, 0.4) is 0 Å². The van der Waals surface area contributed by atoms with E-state index in [4.69, 9.17) is 0 Å². The molecule has 0 spiro atoms. The SMILES string of the molecule is O=C(CC1NC(=O)N(Cc2ccccc2)C1=O)NCC1CCCN2CCCCC12. The maximum absolute atomic E-state index is 12.6. The number of carbonyl (C=O) groups excluding carboxylic acids is 3. The summed E-state index contributed by atoms with van der Waals surface area (Å²) >= 11 is 0. The molecule has 7 nitrogen and oxygen atoms in total. The fraction of sp³-hybridized carbons (Fsp3) is 0.591. The number of imide groups is 1. The van der Waals surface area contributed by atoms with Crippen LogP contribution >= 0.6 is 0 Å². The Balaban J connectivity index is 1.27. The van der Waals surface area contributed by atoms with Gasteiger partial charge in [0.25, 0.3) is 5.91 Å². The van der Waals surface area contributed by atoms with E-state index in [1.54, 1.807) is 0 Å². The molecule has 3 aliphatic heterocycles. The van der Waals surface area contributed by atoms with Crippen molar-refractivity contribution in [3.05, 3.63) is 35.9 Å². The average Bonchev–Trinajstić information content (AvgIpc) is 3.00. The molecular weight excluding hydrogens is 368 g/mol. The Labute approximate surface area is 171 Å². The van der Waals surface area contributed by atoms with Gasteiger partial charge in [-0.25, -0.2) is 4.79 Å². The molecule has 0 radical (unpaired) electrons. The smallest absolute Gasteiger partial charge is 0.325 e. The normalized spacial score (nSPS) is 27.4. The molecule has 29 heavy (non-hydrogen) atoms. The van der Waals surface area contributed by atoms with Crippen LogP contribution in [0.4, 0.5) is 4.79 Å². The predicted molar refractivity (Wildman–Crippen MR) is 109 cm³/mol. The Kier molecular flexibility index (Phi) is 6.13. The van der Waals surface area contributed by atoms with Gasteiger partial charge >= 0.3 is 6.03 Å². The summed E-state index contributed by atoms with van der Waals surface area (Å²) in [5, 5.41) is 5.68. The first-order chi connectivity index (χ1) is 14.1. The topological polar surface area (TPSA) is 81.8 Å².